The highest BCUT2D eigenvalue weighted by molar-refractivity contribution is 7.89. The second-order valence-electron chi connectivity index (χ2n) is 4.53. The molecule has 0 bridgehead atoms. The maximum absolute atomic E-state index is 12.0. The first-order valence-corrected chi connectivity index (χ1v) is 7.87. The van der Waals surface area contributed by atoms with Crippen LogP contribution in [0.2, 0.25) is 5.02 Å². The van der Waals surface area contributed by atoms with E-state index in [1.807, 2.05) is 6.92 Å². The molecule has 1 rings (SSSR count). The summed E-state index contributed by atoms with van der Waals surface area (Å²) in [4.78, 5) is 0.0468. The Labute approximate surface area is 124 Å². The average molecular weight is 319 g/mol. The summed E-state index contributed by atoms with van der Waals surface area (Å²) in [7, 11) is -3.64. The van der Waals surface area contributed by atoms with Crippen molar-refractivity contribution in [2.45, 2.75) is 18.7 Å². The van der Waals surface area contributed by atoms with Crippen molar-refractivity contribution < 1.29 is 13.2 Å². The maximum Gasteiger partial charge on any atom is 0.240 e. The number of nitrogens with one attached hydrogen (secondary N) is 1. The third-order valence-corrected chi connectivity index (χ3v) is 4.39. The van der Waals surface area contributed by atoms with Crippen LogP contribution in [0, 0.1) is 6.92 Å². The van der Waals surface area contributed by atoms with Gasteiger partial charge in [0.1, 0.15) is 0 Å². The molecule has 112 valence electrons. The Morgan fingerprint density at radius 2 is 2.15 bits per heavy atom. The van der Waals surface area contributed by atoms with Gasteiger partial charge in [-0.2, -0.15) is 0 Å². The van der Waals surface area contributed by atoms with Crippen molar-refractivity contribution in [3.05, 3.63) is 34.9 Å². The molecule has 20 heavy (non-hydrogen) atoms. The molecule has 0 heterocycles. The van der Waals surface area contributed by atoms with Crippen molar-refractivity contribution >= 4 is 27.3 Å². The van der Waals surface area contributed by atoms with Crippen molar-refractivity contribution in [1.82, 2.24) is 4.72 Å². The lowest BCUT2D eigenvalue weighted by molar-refractivity contribution is 0.162. The van der Waals surface area contributed by atoms with Gasteiger partial charge in [-0.3, -0.25) is 0 Å². The number of rotatable bonds is 7. The van der Waals surface area contributed by atoms with Crippen molar-refractivity contribution in [3.8, 4) is 0 Å². The van der Waals surface area contributed by atoms with Gasteiger partial charge in [0.2, 0.25) is 10.0 Å². The Hall–Kier alpha value is -1.08. The molecule has 0 aromatic heterocycles. The van der Waals surface area contributed by atoms with Crippen LogP contribution in [0.15, 0.2) is 29.2 Å². The zero-order valence-electron chi connectivity index (χ0n) is 11.6. The number of anilines is 1. The Balaban J connectivity index is 2.67. The summed E-state index contributed by atoms with van der Waals surface area (Å²) in [6.45, 7) is 8.09. The van der Waals surface area contributed by atoms with Crippen molar-refractivity contribution in [2.24, 2.45) is 0 Å². The van der Waals surface area contributed by atoms with Gasteiger partial charge in [0, 0.05) is 17.3 Å². The normalized spacial score (nSPS) is 11.6. The van der Waals surface area contributed by atoms with E-state index in [-0.39, 0.29) is 18.0 Å². The van der Waals surface area contributed by atoms with Gasteiger partial charge >= 0.3 is 0 Å². The molecular formula is C13H19ClN2O3S. The predicted octanol–water partition coefficient (Wildman–Crippen LogP) is 2.10. The zero-order chi connectivity index (χ0) is 15.3. The fourth-order valence-electron chi connectivity index (χ4n) is 1.41. The monoisotopic (exact) mass is 318 g/mol. The van der Waals surface area contributed by atoms with E-state index in [4.69, 9.17) is 22.1 Å². The SMILES string of the molecule is C=C(C)COCCNS(=O)(=O)c1cc(N)c(C)c(Cl)c1. The zero-order valence-corrected chi connectivity index (χ0v) is 13.1. The number of hydrogen-bond donors (Lipinski definition) is 2. The van der Waals surface area contributed by atoms with Gasteiger partial charge in [0.05, 0.1) is 18.1 Å². The summed E-state index contributed by atoms with van der Waals surface area (Å²) in [5.41, 5.74) is 7.60. The highest BCUT2D eigenvalue weighted by atomic mass is 35.5. The van der Waals surface area contributed by atoms with Crippen molar-refractivity contribution in [3.63, 3.8) is 0 Å². The van der Waals surface area contributed by atoms with E-state index in [9.17, 15) is 8.42 Å². The number of ether oxygens (including phenoxy) is 1. The number of nitrogen functional groups attached to an aromatic ring is 1. The van der Waals surface area contributed by atoms with Gasteiger partial charge in [-0.25, -0.2) is 13.1 Å². The number of hydrogen-bond acceptors (Lipinski definition) is 4. The molecule has 0 amide bonds. The smallest absolute Gasteiger partial charge is 0.240 e. The van der Waals surface area contributed by atoms with Gasteiger partial charge in [-0.15, -0.1) is 0 Å². The van der Waals surface area contributed by atoms with Crippen LogP contribution in [0.5, 0.6) is 0 Å². The molecule has 1 aromatic rings. The van der Waals surface area contributed by atoms with E-state index >= 15 is 0 Å². The first-order valence-electron chi connectivity index (χ1n) is 6.01. The minimum atomic E-state index is -3.64. The van der Waals surface area contributed by atoms with E-state index in [0.717, 1.165) is 5.57 Å². The summed E-state index contributed by atoms with van der Waals surface area (Å²) in [6.07, 6.45) is 0. The number of sulfonamides is 1. The minimum absolute atomic E-state index is 0.0468. The molecule has 0 unspecified atom stereocenters. The quantitative estimate of drug-likeness (QED) is 0.458. The fraction of sp³-hybridized carbons (Fsp3) is 0.385. The first-order chi connectivity index (χ1) is 9.24. The van der Waals surface area contributed by atoms with Crippen LogP contribution in [-0.2, 0) is 14.8 Å². The molecule has 0 saturated carbocycles. The average Bonchev–Trinajstić information content (AvgIpc) is 2.34. The Bertz CT molecular complexity index is 577. The molecule has 3 N–H and O–H groups in total. The molecule has 5 nitrogen and oxygen atoms in total. The van der Waals surface area contributed by atoms with Crippen LogP contribution in [-0.4, -0.2) is 28.2 Å². The lowest BCUT2D eigenvalue weighted by atomic mass is 10.2. The van der Waals surface area contributed by atoms with Crippen LogP contribution in [0.3, 0.4) is 0 Å². The second kappa shape index (κ2) is 7.08. The fourth-order valence-corrected chi connectivity index (χ4v) is 2.77. The molecule has 0 aliphatic rings. The summed E-state index contributed by atoms with van der Waals surface area (Å²) >= 11 is 5.94. The van der Waals surface area contributed by atoms with Gasteiger partial charge < -0.3 is 10.5 Å². The maximum atomic E-state index is 12.0. The summed E-state index contributed by atoms with van der Waals surface area (Å²) in [5, 5.41) is 0.323. The molecule has 0 radical (unpaired) electrons. The lowest BCUT2D eigenvalue weighted by Crippen LogP contribution is -2.27. The third kappa shape index (κ3) is 4.79. The Morgan fingerprint density at radius 1 is 1.50 bits per heavy atom. The molecule has 0 aliphatic carbocycles. The van der Waals surface area contributed by atoms with Crippen molar-refractivity contribution in [1.29, 1.82) is 0 Å². The largest absolute Gasteiger partial charge is 0.398 e. The first kappa shape index (κ1) is 17.0. The summed E-state index contributed by atoms with van der Waals surface area (Å²) in [6, 6.07) is 2.77. The Morgan fingerprint density at radius 3 is 2.70 bits per heavy atom. The molecule has 0 fully saturated rings. The number of benzene rings is 1. The lowest BCUT2D eigenvalue weighted by Gasteiger charge is -2.10. The van der Waals surface area contributed by atoms with Gasteiger partial charge in [-0.1, -0.05) is 23.8 Å². The van der Waals surface area contributed by atoms with Crippen LogP contribution in [0.25, 0.3) is 0 Å². The molecule has 0 spiro atoms. The van der Waals surface area contributed by atoms with E-state index in [0.29, 0.717) is 22.9 Å². The van der Waals surface area contributed by atoms with E-state index in [2.05, 4.69) is 11.3 Å². The van der Waals surface area contributed by atoms with Gasteiger partial charge in [-0.05, 0) is 31.5 Å². The topological polar surface area (TPSA) is 81.4 Å². The van der Waals surface area contributed by atoms with Crippen LogP contribution in [0.4, 0.5) is 5.69 Å². The van der Waals surface area contributed by atoms with E-state index in [1.165, 1.54) is 12.1 Å². The number of nitrogens with two attached hydrogens (primary N) is 1. The molecule has 7 heteroatoms. The summed E-state index contributed by atoms with van der Waals surface area (Å²) < 4.78 is 31.7. The minimum Gasteiger partial charge on any atom is -0.398 e. The molecular weight excluding hydrogens is 300 g/mol. The molecule has 0 atom stereocenters. The molecule has 0 aliphatic heterocycles. The van der Waals surface area contributed by atoms with Crippen LogP contribution >= 0.6 is 11.6 Å². The van der Waals surface area contributed by atoms with E-state index < -0.39 is 10.0 Å². The second-order valence-corrected chi connectivity index (χ2v) is 6.70. The highest BCUT2D eigenvalue weighted by Crippen LogP contribution is 2.25. The van der Waals surface area contributed by atoms with Crippen LogP contribution in [0.1, 0.15) is 12.5 Å². The van der Waals surface area contributed by atoms with Crippen molar-refractivity contribution in [2.75, 3.05) is 25.5 Å². The molecule has 1 aromatic carbocycles. The van der Waals surface area contributed by atoms with Gasteiger partial charge in [0.25, 0.3) is 0 Å². The Kier molecular flexibility index (Phi) is 6.01. The number of halogens is 1. The predicted molar refractivity (Wildman–Crippen MR) is 81.4 cm³/mol. The standard InChI is InChI=1S/C13H19ClN2O3S/c1-9(2)8-19-5-4-16-20(17,18)11-6-12(14)10(3)13(15)7-11/h6-7,16H,1,4-5,8,15H2,2-3H3. The van der Waals surface area contributed by atoms with Crippen LogP contribution < -0.4 is 10.5 Å². The third-order valence-electron chi connectivity index (χ3n) is 2.56. The summed E-state index contributed by atoms with van der Waals surface area (Å²) in [5.74, 6) is 0. The highest BCUT2D eigenvalue weighted by Gasteiger charge is 2.16. The van der Waals surface area contributed by atoms with E-state index in [1.54, 1.807) is 6.92 Å². The van der Waals surface area contributed by atoms with Gasteiger partial charge in [0.15, 0.2) is 0 Å². The molecule has 0 saturated heterocycles.